The molecule has 0 aliphatic rings. The maximum Gasteiger partial charge on any atom is 0.207 e. The van der Waals surface area contributed by atoms with E-state index in [1.807, 2.05) is 6.92 Å². The number of pyridine rings is 1. The minimum absolute atomic E-state index is 0.217. The Balaban J connectivity index is 1.80. The molecule has 3 aromatic heterocycles. The van der Waals surface area contributed by atoms with Crippen molar-refractivity contribution in [3.05, 3.63) is 76.1 Å². The van der Waals surface area contributed by atoms with E-state index in [2.05, 4.69) is 9.97 Å². The maximum absolute atomic E-state index is 13.7. The van der Waals surface area contributed by atoms with Crippen LogP contribution in [0.4, 0.5) is 4.39 Å². The van der Waals surface area contributed by atoms with Gasteiger partial charge in [0.1, 0.15) is 5.82 Å². The average Bonchev–Trinajstić information content (AvgIpc) is 3.22. The number of sulfone groups is 1. The smallest absolute Gasteiger partial charge is 0.207 e. The SMILES string of the molecule is Cc1[nH]c2ccc(F)cc2c1Cc1sccc1S(=O)(=O)c1ccncc1. The van der Waals surface area contributed by atoms with Crippen LogP contribution in [0.2, 0.25) is 0 Å². The third kappa shape index (κ3) is 2.83. The summed E-state index contributed by atoms with van der Waals surface area (Å²) in [6.07, 6.45) is 3.35. The van der Waals surface area contributed by atoms with E-state index in [0.717, 1.165) is 27.0 Å². The summed E-state index contributed by atoms with van der Waals surface area (Å²) in [5, 5.41) is 2.55. The van der Waals surface area contributed by atoms with Crippen LogP contribution in [0.3, 0.4) is 0 Å². The zero-order chi connectivity index (χ0) is 18.3. The van der Waals surface area contributed by atoms with Gasteiger partial charge in [0.25, 0.3) is 0 Å². The van der Waals surface area contributed by atoms with Crippen molar-refractivity contribution < 1.29 is 12.8 Å². The quantitative estimate of drug-likeness (QED) is 0.562. The fourth-order valence-electron chi connectivity index (χ4n) is 3.08. The van der Waals surface area contributed by atoms with Gasteiger partial charge in [-0.2, -0.15) is 0 Å². The van der Waals surface area contributed by atoms with Gasteiger partial charge < -0.3 is 4.98 Å². The third-order valence-corrected chi connectivity index (χ3v) is 7.28. The standard InChI is InChI=1S/C19H15FN2O2S2/c1-12-15(16-10-13(20)2-3-17(16)22-12)11-18-19(6-9-25-18)26(23,24)14-4-7-21-8-5-14/h2-10,22H,11H2,1H3. The lowest BCUT2D eigenvalue weighted by molar-refractivity contribution is 0.595. The van der Waals surface area contributed by atoms with E-state index >= 15 is 0 Å². The second-order valence-electron chi connectivity index (χ2n) is 5.99. The number of hydrogen-bond donors (Lipinski definition) is 1. The first kappa shape index (κ1) is 16.9. The number of nitrogens with zero attached hydrogens (tertiary/aromatic N) is 1. The van der Waals surface area contributed by atoms with Gasteiger partial charge in [-0.1, -0.05) is 0 Å². The largest absolute Gasteiger partial charge is 0.358 e. The molecule has 26 heavy (non-hydrogen) atoms. The molecule has 4 nitrogen and oxygen atoms in total. The average molecular weight is 386 g/mol. The number of hydrogen-bond acceptors (Lipinski definition) is 4. The minimum atomic E-state index is -3.62. The second kappa shape index (κ2) is 6.34. The lowest BCUT2D eigenvalue weighted by Gasteiger charge is -2.07. The van der Waals surface area contributed by atoms with Crippen LogP contribution in [0, 0.1) is 12.7 Å². The van der Waals surface area contributed by atoms with Gasteiger partial charge in [0.2, 0.25) is 9.84 Å². The predicted octanol–water partition coefficient (Wildman–Crippen LogP) is 4.50. The molecule has 1 N–H and O–H groups in total. The Kier molecular flexibility index (Phi) is 4.13. The van der Waals surface area contributed by atoms with Gasteiger partial charge in [-0.25, -0.2) is 12.8 Å². The molecule has 0 unspecified atom stereocenters. The van der Waals surface area contributed by atoms with E-state index in [0.29, 0.717) is 11.3 Å². The van der Waals surface area contributed by atoms with E-state index in [4.69, 9.17) is 0 Å². The molecule has 0 saturated heterocycles. The Morgan fingerprint density at radius 2 is 1.92 bits per heavy atom. The summed E-state index contributed by atoms with van der Waals surface area (Å²) >= 11 is 1.39. The number of aromatic amines is 1. The fourth-order valence-corrected chi connectivity index (χ4v) is 5.78. The van der Waals surface area contributed by atoms with Crippen LogP contribution < -0.4 is 0 Å². The molecule has 0 saturated carbocycles. The summed E-state index contributed by atoms with van der Waals surface area (Å²) in [5.74, 6) is -0.312. The molecule has 0 bridgehead atoms. The summed E-state index contributed by atoms with van der Waals surface area (Å²) in [6.45, 7) is 1.91. The number of rotatable bonds is 4. The normalized spacial score (nSPS) is 11.9. The highest BCUT2D eigenvalue weighted by atomic mass is 32.2. The summed E-state index contributed by atoms with van der Waals surface area (Å²) in [7, 11) is -3.62. The van der Waals surface area contributed by atoms with Crippen molar-refractivity contribution in [3.63, 3.8) is 0 Å². The summed E-state index contributed by atoms with van der Waals surface area (Å²) in [6, 6.07) is 9.20. The van der Waals surface area contributed by atoms with Crippen molar-refractivity contribution in [3.8, 4) is 0 Å². The molecule has 0 aliphatic heterocycles. The molecule has 0 aliphatic carbocycles. The molecule has 132 valence electrons. The number of nitrogens with one attached hydrogen (secondary N) is 1. The topological polar surface area (TPSA) is 62.8 Å². The van der Waals surface area contributed by atoms with Crippen molar-refractivity contribution in [2.45, 2.75) is 23.1 Å². The minimum Gasteiger partial charge on any atom is -0.358 e. The zero-order valence-corrected chi connectivity index (χ0v) is 15.5. The maximum atomic E-state index is 13.7. The van der Waals surface area contributed by atoms with Gasteiger partial charge in [0, 0.05) is 40.3 Å². The first-order valence-electron chi connectivity index (χ1n) is 7.95. The molecule has 0 atom stereocenters. The Bertz CT molecular complexity index is 1190. The number of benzene rings is 1. The Morgan fingerprint density at radius 1 is 1.15 bits per heavy atom. The molecule has 0 amide bonds. The van der Waals surface area contributed by atoms with Crippen LogP contribution in [0.25, 0.3) is 10.9 Å². The molecule has 0 radical (unpaired) electrons. The van der Waals surface area contributed by atoms with Crippen LogP contribution in [0.15, 0.2) is 64.0 Å². The summed E-state index contributed by atoms with van der Waals surface area (Å²) in [4.78, 5) is 8.35. The molecular formula is C19H15FN2O2S2. The van der Waals surface area contributed by atoms with Crippen LogP contribution >= 0.6 is 11.3 Å². The molecular weight excluding hydrogens is 371 g/mol. The zero-order valence-electron chi connectivity index (χ0n) is 13.9. The molecule has 1 aromatic carbocycles. The van der Waals surface area contributed by atoms with E-state index in [1.54, 1.807) is 17.5 Å². The monoisotopic (exact) mass is 386 g/mol. The van der Waals surface area contributed by atoms with Crippen molar-refractivity contribution in [2.75, 3.05) is 0 Å². The highest BCUT2D eigenvalue weighted by Gasteiger charge is 2.23. The van der Waals surface area contributed by atoms with E-state index in [9.17, 15) is 12.8 Å². The Morgan fingerprint density at radius 3 is 2.69 bits per heavy atom. The summed E-state index contributed by atoms with van der Waals surface area (Å²) in [5.41, 5.74) is 2.66. The lowest BCUT2D eigenvalue weighted by atomic mass is 10.1. The van der Waals surface area contributed by atoms with Crippen molar-refractivity contribution in [1.82, 2.24) is 9.97 Å². The number of H-pyrrole nitrogens is 1. The fraction of sp³-hybridized carbons (Fsp3) is 0.105. The molecule has 3 heterocycles. The predicted molar refractivity (Wildman–Crippen MR) is 99.8 cm³/mol. The lowest BCUT2D eigenvalue weighted by Crippen LogP contribution is -2.04. The molecule has 0 spiro atoms. The second-order valence-corrected chi connectivity index (χ2v) is 8.91. The molecule has 7 heteroatoms. The van der Waals surface area contributed by atoms with Crippen LogP contribution in [0.1, 0.15) is 16.1 Å². The van der Waals surface area contributed by atoms with E-state index in [-0.39, 0.29) is 10.7 Å². The van der Waals surface area contributed by atoms with Gasteiger partial charge in [-0.3, -0.25) is 4.98 Å². The van der Waals surface area contributed by atoms with E-state index < -0.39 is 9.84 Å². The highest BCUT2D eigenvalue weighted by molar-refractivity contribution is 7.91. The van der Waals surface area contributed by atoms with Crippen molar-refractivity contribution in [2.24, 2.45) is 0 Å². The molecule has 4 rings (SSSR count). The van der Waals surface area contributed by atoms with Gasteiger partial charge >= 0.3 is 0 Å². The van der Waals surface area contributed by atoms with Crippen LogP contribution in [-0.4, -0.2) is 18.4 Å². The first-order chi connectivity index (χ1) is 12.5. The Labute approximate surface area is 154 Å². The van der Waals surface area contributed by atoms with Gasteiger partial charge in [0.15, 0.2) is 0 Å². The van der Waals surface area contributed by atoms with E-state index in [1.165, 1.54) is 48.0 Å². The van der Waals surface area contributed by atoms with Crippen molar-refractivity contribution >= 4 is 32.1 Å². The number of aromatic nitrogens is 2. The number of fused-ring (bicyclic) bond motifs is 1. The number of aryl methyl sites for hydroxylation is 1. The number of thiophene rings is 1. The van der Waals surface area contributed by atoms with Crippen LogP contribution in [0.5, 0.6) is 0 Å². The van der Waals surface area contributed by atoms with Gasteiger partial charge in [-0.05, 0) is 54.3 Å². The molecule has 4 aromatic rings. The number of halogens is 1. The van der Waals surface area contributed by atoms with Gasteiger partial charge in [-0.15, -0.1) is 11.3 Å². The summed E-state index contributed by atoms with van der Waals surface area (Å²) < 4.78 is 39.6. The Hall–Kier alpha value is -2.51. The highest BCUT2D eigenvalue weighted by Crippen LogP contribution is 2.32. The van der Waals surface area contributed by atoms with Crippen LogP contribution in [-0.2, 0) is 16.3 Å². The molecule has 0 fully saturated rings. The first-order valence-corrected chi connectivity index (χ1v) is 10.3. The van der Waals surface area contributed by atoms with Gasteiger partial charge in [0.05, 0.1) is 9.79 Å². The third-order valence-electron chi connectivity index (χ3n) is 4.37. The van der Waals surface area contributed by atoms with Crippen molar-refractivity contribution in [1.29, 1.82) is 0 Å².